The number of hydrogen-bond donors (Lipinski definition) is 2. The second kappa shape index (κ2) is 4.09. The Morgan fingerprint density at radius 3 is 2.62 bits per heavy atom. The predicted molar refractivity (Wildman–Crippen MR) is 57.2 cm³/mol. The van der Waals surface area contributed by atoms with Gasteiger partial charge in [-0.25, -0.2) is 0 Å². The average molecular weight is 183 g/mol. The van der Waals surface area contributed by atoms with Crippen molar-refractivity contribution in [3.63, 3.8) is 0 Å². The summed E-state index contributed by atoms with van der Waals surface area (Å²) in [7, 11) is 1.99. The molecular formula is C10H21N3. The lowest BCUT2D eigenvalue weighted by Crippen LogP contribution is -2.41. The van der Waals surface area contributed by atoms with Crippen LogP contribution in [0.5, 0.6) is 0 Å². The molecule has 2 N–H and O–H groups in total. The topological polar surface area (TPSA) is 36.4 Å². The van der Waals surface area contributed by atoms with E-state index in [4.69, 9.17) is 0 Å². The SMILES string of the molecule is CNCC(C1=NCCN1)C(C)(C)C. The van der Waals surface area contributed by atoms with Crippen molar-refractivity contribution in [1.29, 1.82) is 0 Å². The number of nitrogens with one attached hydrogen (secondary N) is 2. The molecule has 0 aromatic rings. The van der Waals surface area contributed by atoms with Gasteiger partial charge in [-0.15, -0.1) is 0 Å². The van der Waals surface area contributed by atoms with Crippen molar-refractivity contribution in [3.05, 3.63) is 0 Å². The van der Waals surface area contributed by atoms with Crippen molar-refractivity contribution in [3.8, 4) is 0 Å². The van der Waals surface area contributed by atoms with E-state index in [1.165, 1.54) is 5.84 Å². The molecule has 3 heteroatoms. The van der Waals surface area contributed by atoms with E-state index in [1.54, 1.807) is 0 Å². The molecule has 0 saturated heterocycles. The summed E-state index contributed by atoms with van der Waals surface area (Å²) in [5.74, 6) is 1.68. The second-order valence-corrected chi connectivity index (χ2v) is 4.67. The minimum atomic E-state index is 0.277. The van der Waals surface area contributed by atoms with E-state index in [-0.39, 0.29) is 5.41 Å². The molecule has 1 aliphatic rings. The Kier molecular flexibility index (Phi) is 3.31. The highest BCUT2D eigenvalue weighted by atomic mass is 15.1. The first-order valence-corrected chi connectivity index (χ1v) is 4.98. The molecule has 1 atom stereocenters. The molecule has 1 aliphatic heterocycles. The van der Waals surface area contributed by atoms with Gasteiger partial charge in [-0.2, -0.15) is 0 Å². The van der Waals surface area contributed by atoms with Gasteiger partial charge in [-0.3, -0.25) is 4.99 Å². The molecule has 0 saturated carbocycles. The number of hydrogen-bond acceptors (Lipinski definition) is 3. The maximum atomic E-state index is 4.49. The fraction of sp³-hybridized carbons (Fsp3) is 0.900. The first-order chi connectivity index (χ1) is 6.05. The van der Waals surface area contributed by atoms with Crippen LogP contribution in [-0.2, 0) is 0 Å². The minimum absolute atomic E-state index is 0.277. The lowest BCUT2D eigenvalue weighted by Gasteiger charge is -2.30. The monoisotopic (exact) mass is 183 g/mol. The molecule has 1 unspecified atom stereocenters. The van der Waals surface area contributed by atoms with Gasteiger partial charge in [0.1, 0.15) is 5.84 Å². The summed E-state index contributed by atoms with van der Waals surface area (Å²) in [5.41, 5.74) is 0.277. The molecule has 76 valence electrons. The Morgan fingerprint density at radius 1 is 1.54 bits per heavy atom. The normalized spacial score (nSPS) is 19.5. The molecule has 0 aromatic heterocycles. The summed E-state index contributed by atoms with van der Waals surface area (Å²) in [6.45, 7) is 9.72. The van der Waals surface area contributed by atoms with E-state index in [0.29, 0.717) is 5.92 Å². The van der Waals surface area contributed by atoms with Gasteiger partial charge in [0.25, 0.3) is 0 Å². The lowest BCUT2D eigenvalue weighted by atomic mass is 9.80. The van der Waals surface area contributed by atoms with Gasteiger partial charge >= 0.3 is 0 Å². The van der Waals surface area contributed by atoms with Gasteiger partial charge in [0, 0.05) is 19.0 Å². The van der Waals surface area contributed by atoms with Crippen LogP contribution in [0.3, 0.4) is 0 Å². The molecule has 0 aromatic carbocycles. The third kappa shape index (κ3) is 2.69. The van der Waals surface area contributed by atoms with Gasteiger partial charge < -0.3 is 10.6 Å². The second-order valence-electron chi connectivity index (χ2n) is 4.67. The lowest BCUT2D eigenvalue weighted by molar-refractivity contribution is 0.303. The highest BCUT2D eigenvalue weighted by molar-refractivity contribution is 5.86. The first-order valence-electron chi connectivity index (χ1n) is 4.98. The number of amidine groups is 1. The van der Waals surface area contributed by atoms with Gasteiger partial charge in [-0.1, -0.05) is 20.8 Å². The van der Waals surface area contributed by atoms with Crippen LogP contribution in [-0.4, -0.2) is 32.5 Å². The van der Waals surface area contributed by atoms with Crippen molar-refractivity contribution in [2.45, 2.75) is 20.8 Å². The van der Waals surface area contributed by atoms with Gasteiger partial charge in [0.15, 0.2) is 0 Å². The largest absolute Gasteiger partial charge is 0.372 e. The molecule has 0 fully saturated rings. The third-order valence-electron chi connectivity index (χ3n) is 2.48. The van der Waals surface area contributed by atoms with Gasteiger partial charge in [-0.05, 0) is 12.5 Å². The maximum Gasteiger partial charge on any atom is 0.101 e. The van der Waals surface area contributed by atoms with E-state index in [9.17, 15) is 0 Å². The average Bonchev–Trinajstić information content (AvgIpc) is 2.49. The smallest absolute Gasteiger partial charge is 0.101 e. The fourth-order valence-corrected chi connectivity index (χ4v) is 1.67. The Labute approximate surface area is 81.0 Å². The van der Waals surface area contributed by atoms with Crippen molar-refractivity contribution < 1.29 is 0 Å². The van der Waals surface area contributed by atoms with Crippen LogP contribution in [0, 0.1) is 11.3 Å². The van der Waals surface area contributed by atoms with Crippen LogP contribution < -0.4 is 10.6 Å². The number of aliphatic imine (C=N–C) groups is 1. The highest BCUT2D eigenvalue weighted by Gasteiger charge is 2.29. The highest BCUT2D eigenvalue weighted by Crippen LogP contribution is 2.26. The van der Waals surface area contributed by atoms with Crippen LogP contribution >= 0.6 is 0 Å². The number of nitrogens with zero attached hydrogens (tertiary/aromatic N) is 1. The zero-order valence-electron chi connectivity index (χ0n) is 9.15. The zero-order valence-corrected chi connectivity index (χ0v) is 9.15. The van der Waals surface area contributed by atoms with Gasteiger partial charge in [0.2, 0.25) is 0 Å². The quantitative estimate of drug-likeness (QED) is 0.681. The fourth-order valence-electron chi connectivity index (χ4n) is 1.67. The standard InChI is InChI=1S/C10H21N3/c1-10(2,3)8(7-11-4)9-12-5-6-13-9/h8,11H,5-7H2,1-4H3,(H,12,13). The Hall–Kier alpha value is -0.570. The predicted octanol–water partition coefficient (Wildman–Crippen LogP) is 0.870. The molecule has 0 spiro atoms. The molecule has 13 heavy (non-hydrogen) atoms. The molecule has 0 amide bonds. The van der Waals surface area contributed by atoms with E-state index >= 15 is 0 Å². The van der Waals surface area contributed by atoms with Crippen molar-refractivity contribution in [1.82, 2.24) is 10.6 Å². The first kappa shape index (κ1) is 10.5. The Morgan fingerprint density at radius 2 is 2.23 bits per heavy atom. The number of rotatable bonds is 3. The van der Waals surface area contributed by atoms with E-state index in [2.05, 4.69) is 36.4 Å². The molecule has 3 nitrogen and oxygen atoms in total. The minimum Gasteiger partial charge on any atom is -0.372 e. The van der Waals surface area contributed by atoms with Crippen LogP contribution in [0.15, 0.2) is 4.99 Å². The molecule has 0 radical (unpaired) electrons. The summed E-state index contributed by atoms with van der Waals surface area (Å²) in [6.07, 6.45) is 0. The summed E-state index contributed by atoms with van der Waals surface area (Å²) < 4.78 is 0. The summed E-state index contributed by atoms with van der Waals surface area (Å²) in [4.78, 5) is 4.49. The molecular weight excluding hydrogens is 162 g/mol. The van der Waals surface area contributed by atoms with E-state index in [0.717, 1.165) is 19.6 Å². The Balaban J connectivity index is 2.67. The van der Waals surface area contributed by atoms with Crippen molar-refractivity contribution >= 4 is 5.84 Å². The van der Waals surface area contributed by atoms with E-state index in [1.807, 2.05) is 7.05 Å². The van der Waals surface area contributed by atoms with Crippen LogP contribution in [0.1, 0.15) is 20.8 Å². The Bertz CT molecular complexity index is 191. The third-order valence-corrected chi connectivity index (χ3v) is 2.48. The molecule has 0 bridgehead atoms. The van der Waals surface area contributed by atoms with Crippen LogP contribution in [0.4, 0.5) is 0 Å². The van der Waals surface area contributed by atoms with Crippen LogP contribution in [0.25, 0.3) is 0 Å². The summed E-state index contributed by atoms with van der Waals surface area (Å²) in [6, 6.07) is 0. The summed E-state index contributed by atoms with van der Waals surface area (Å²) >= 11 is 0. The molecule has 1 heterocycles. The molecule has 1 rings (SSSR count). The molecule has 0 aliphatic carbocycles. The van der Waals surface area contributed by atoms with Crippen molar-refractivity contribution in [2.24, 2.45) is 16.3 Å². The maximum absolute atomic E-state index is 4.49. The summed E-state index contributed by atoms with van der Waals surface area (Å²) in [5, 5.41) is 6.59. The zero-order chi connectivity index (χ0) is 9.90. The van der Waals surface area contributed by atoms with Gasteiger partial charge in [0.05, 0.1) is 6.54 Å². The van der Waals surface area contributed by atoms with Crippen LogP contribution in [0.2, 0.25) is 0 Å². The van der Waals surface area contributed by atoms with Crippen molar-refractivity contribution in [2.75, 3.05) is 26.7 Å². The van der Waals surface area contributed by atoms with E-state index < -0.39 is 0 Å².